The van der Waals surface area contributed by atoms with Crippen molar-refractivity contribution in [3.63, 3.8) is 0 Å². The van der Waals surface area contributed by atoms with Gasteiger partial charge in [0.15, 0.2) is 0 Å². The zero-order valence-corrected chi connectivity index (χ0v) is 27.0. The lowest BCUT2D eigenvalue weighted by atomic mass is 9.80. The molecule has 0 unspecified atom stereocenters. The van der Waals surface area contributed by atoms with Gasteiger partial charge in [0, 0.05) is 49.4 Å². The number of rotatable bonds is 7. The summed E-state index contributed by atoms with van der Waals surface area (Å²) in [6.07, 6.45) is 0.521. The maximum atomic E-state index is 16.4. The van der Waals surface area contributed by atoms with Crippen LogP contribution in [0, 0.1) is 17.8 Å². The molecule has 1 aliphatic heterocycles. The van der Waals surface area contributed by atoms with E-state index in [4.69, 9.17) is 16.4 Å². The Balaban J connectivity index is 1.38. The minimum atomic E-state index is -3.39. The normalized spacial score (nSPS) is 25.4. The van der Waals surface area contributed by atoms with Crippen LogP contribution in [0.4, 0.5) is 0 Å². The molecular formula is C38H32ClNO3P2. The van der Waals surface area contributed by atoms with Gasteiger partial charge < -0.3 is 14.0 Å². The van der Waals surface area contributed by atoms with Crippen LogP contribution in [0.5, 0.6) is 0 Å². The van der Waals surface area contributed by atoms with Crippen LogP contribution >= 0.6 is 25.9 Å². The minimum Gasteiger partial charge on any atom is -0.391 e. The number of hydrogen-bond donors (Lipinski definition) is 0. The van der Waals surface area contributed by atoms with Gasteiger partial charge in [-0.15, -0.1) is 0 Å². The van der Waals surface area contributed by atoms with E-state index in [9.17, 15) is 0 Å². The first-order valence-electron chi connectivity index (χ1n) is 15.4. The number of halogens is 1. The van der Waals surface area contributed by atoms with Crippen LogP contribution in [0.3, 0.4) is 0 Å². The second kappa shape index (κ2) is 11.3. The van der Waals surface area contributed by atoms with Gasteiger partial charge in [-0.3, -0.25) is 0 Å². The van der Waals surface area contributed by atoms with E-state index in [2.05, 4.69) is 5.16 Å². The number of hydrogen-bond acceptors (Lipinski definition) is 4. The molecule has 0 spiro atoms. The van der Waals surface area contributed by atoms with Crippen molar-refractivity contribution in [2.75, 3.05) is 0 Å². The molecule has 2 fully saturated rings. The van der Waals surface area contributed by atoms with Crippen LogP contribution < -0.4 is 21.2 Å². The third kappa shape index (κ3) is 4.45. The molecule has 7 heteroatoms. The number of nitrogens with zero attached hydrogens (tertiary/aromatic N) is 1. The van der Waals surface area contributed by atoms with Crippen molar-refractivity contribution in [1.29, 1.82) is 0 Å². The Labute approximate surface area is 268 Å². The molecule has 224 valence electrons. The summed E-state index contributed by atoms with van der Waals surface area (Å²) in [5, 5.41) is 8.52. The van der Waals surface area contributed by atoms with E-state index in [1.54, 1.807) is 0 Å². The Kier molecular flexibility index (Phi) is 7.22. The summed E-state index contributed by atoms with van der Waals surface area (Å²) >= 11 is 6.26. The fraction of sp³-hybridized carbons (Fsp3) is 0.184. The number of oxime groups is 1. The van der Waals surface area contributed by atoms with Crippen LogP contribution in [0.2, 0.25) is 5.02 Å². The Morgan fingerprint density at radius 3 is 1.38 bits per heavy atom. The summed E-state index contributed by atoms with van der Waals surface area (Å²) in [6.45, 7) is 0. The minimum absolute atomic E-state index is 0.0612. The summed E-state index contributed by atoms with van der Waals surface area (Å²) in [7, 11) is -6.76. The molecule has 6 atom stereocenters. The molecule has 0 radical (unpaired) electrons. The molecule has 0 aromatic heterocycles. The predicted octanol–water partition coefficient (Wildman–Crippen LogP) is 7.47. The van der Waals surface area contributed by atoms with Crippen molar-refractivity contribution in [3.05, 3.63) is 156 Å². The largest absolute Gasteiger partial charge is 0.391 e. The average Bonchev–Trinajstić information content (AvgIpc) is 3.82. The number of fused-ring (bicyclic) bond motifs is 5. The van der Waals surface area contributed by atoms with Crippen molar-refractivity contribution in [2.45, 2.75) is 23.8 Å². The monoisotopic (exact) mass is 647 g/mol. The molecule has 0 N–H and O–H groups in total. The van der Waals surface area contributed by atoms with Gasteiger partial charge in [0.25, 0.3) is 0 Å². The molecule has 5 aromatic carbocycles. The molecule has 2 saturated carbocycles. The van der Waals surface area contributed by atoms with Gasteiger partial charge in [0.1, 0.15) is 20.4 Å². The zero-order valence-electron chi connectivity index (χ0n) is 24.5. The van der Waals surface area contributed by atoms with Crippen molar-refractivity contribution in [3.8, 4) is 0 Å². The highest BCUT2D eigenvalue weighted by molar-refractivity contribution is 7.83. The SMILES string of the molecule is O=P(c1ccccc1)(c1ccccc1)[C@H]1[C@@H]2C[C@@H]([C@@H]3C(c4ccc(Cl)cc4)=NO[C@@H]23)[C@@H]1P(=O)(c1ccccc1)c1ccccc1. The fourth-order valence-corrected chi connectivity index (χ4v) is 17.1. The molecule has 0 amide bonds. The van der Waals surface area contributed by atoms with Crippen molar-refractivity contribution in [1.82, 2.24) is 0 Å². The molecule has 1 heterocycles. The topological polar surface area (TPSA) is 55.7 Å². The van der Waals surface area contributed by atoms with E-state index in [1.165, 1.54) is 0 Å². The summed E-state index contributed by atoms with van der Waals surface area (Å²) in [5.41, 5.74) is 1.01. The second-order valence-electron chi connectivity index (χ2n) is 12.3. The van der Waals surface area contributed by atoms with Crippen LogP contribution in [0.15, 0.2) is 151 Å². The Morgan fingerprint density at radius 2 is 0.956 bits per heavy atom. The first kappa shape index (κ1) is 28.8. The van der Waals surface area contributed by atoms with E-state index in [0.717, 1.165) is 38.9 Å². The molecule has 8 rings (SSSR count). The maximum absolute atomic E-state index is 16.4. The molecule has 3 aliphatic rings. The van der Waals surface area contributed by atoms with E-state index in [-0.39, 0.29) is 23.9 Å². The lowest BCUT2D eigenvalue weighted by Crippen LogP contribution is -2.50. The van der Waals surface area contributed by atoms with Gasteiger partial charge in [-0.25, -0.2) is 0 Å². The predicted molar refractivity (Wildman–Crippen MR) is 185 cm³/mol. The third-order valence-electron chi connectivity index (χ3n) is 10.1. The van der Waals surface area contributed by atoms with E-state index < -0.39 is 25.6 Å². The van der Waals surface area contributed by atoms with Gasteiger partial charge in [-0.2, -0.15) is 0 Å². The van der Waals surface area contributed by atoms with E-state index in [1.807, 2.05) is 146 Å². The highest BCUT2D eigenvalue weighted by Crippen LogP contribution is 2.73. The highest BCUT2D eigenvalue weighted by atomic mass is 35.5. The van der Waals surface area contributed by atoms with Crippen LogP contribution in [-0.2, 0) is 14.0 Å². The Bertz CT molecular complexity index is 1870. The standard InChI is InChI=1S/C38H32ClNO3P2/c39-27-23-21-26(22-24-27)35-34-32-25-33(36(34)43-40-35)38(45(42,30-17-9-3-10-18-30)31-19-11-4-12-20-31)37(32)44(41,28-13-5-1-6-14-28)29-15-7-2-8-16-29/h1-24,32-34,36-38H,25H2/t32-,33+,34+,36-,37-,38-/m0/s1. The molecule has 4 nitrogen and oxygen atoms in total. The summed E-state index contributed by atoms with van der Waals surface area (Å²) < 4.78 is 32.7. The molecule has 45 heavy (non-hydrogen) atoms. The lowest BCUT2D eigenvalue weighted by Gasteiger charge is -2.44. The van der Waals surface area contributed by atoms with Crippen molar-refractivity contribution in [2.24, 2.45) is 22.9 Å². The van der Waals surface area contributed by atoms with Crippen molar-refractivity contribution < 1.29 is 14.0 Å². The molecule has 5 aromatic rings. The van der Waals surface area contributed by atoms with E-state index >= 15 is 9.13 Å². The van der Waals surface area contributed by atoms with Gasteiger partial charge in [-0.1, -0.05) is 150 Å². The van der Waals surface area contributed by atoms with Gasteiger partial charge in [0.05, 0.1) is 5.71 Å². The summed E-state index contributed by atoms with van der Waals surface area (Å²) in [6, 6.07) is 47.1. The first-order valence-corrected chi connectivity index (χ1v) is 19.4. The summed E-state index contributed by atoms with van der Waals surface area (Å²) in [4.78, 5) is 6.32. The first-order chi connectivity index (χ1) is 22.0. The van der Waals surface area contributed by atoms with Gasteiger partial charge in [-0.05, 0) is 30.0 Å². The molecule has 2 bridgehead atoms. The summed E-state index contributed by atoms with van der Waals surface area (Å²) in [5.74, 6) is -0.238. The second-order valence-corrected chi connectivity index (χ2v) is 18.6. The van der Waals surface area contributed by atoms with Gasteiger partial charge >= 0.3 is 0 Å². The van der Waals surface area contributed by atoms with Crippen LogP contribution in [0.25, 0.3) is 0 Å². The zero-order chi connectivity index (χ0) is 30.6. The smallest absolute Gasteiger partial charge is 0.147 e. The number of benzene rings is 5. The third-order valence-corrected chi connectivity index (χ3v) is 18.0. The maximum Gasteiger partial charge on any atom is 0.147 e. The Morgan fingerprint density at radius 1 is 0.556 bits per heavy atom. The highest BCUT2D eigenvalue weighted by Gasteiger charge is 2.70. The average molecular weight is 648 g/mol. The fourth-order valence-electron chi connectivity index (χ4n) is 8.40. The van der Waals surface area contributed by atoms with Gasteiger partial charge in [0.2, 0.25) is 0 Å². The molecule has 0 saturated heterocycles. The van der Waals surface area contributed by atoms with Crippen molar-refractivity contribution >= 4 is 52.8 Å². The lowest BCUT2D eigenvalue weighted by molar-refractivity contribution is 0.0293. The Hall–Kier alpha value is -3.68. The van der Waals surface area contributed by atoms with E-state index in [0.29, 0.717) is 5.02 Å². The molecule has 2 aliphatic carbocycles. The van der Waals surface area contributed by atoms with Crippen LogP contribution in [0.1, 0.15) is 12.0 Å². The molecular weight excluding hydrogens is 616 g/mol. The quantitative estimate of drug-likeness (QED) is 0.172. The van der Waals surface area contributed by atoms with Crippen LogP contribution in [-0.4, -0.2) is 23.1 Å².